The minimum atomic E-state index is -0.213. The van der Waals surface area contributed by atoms with Gasteiger partial charge >= 0.3 is 0 Å². The summed E-state index contributed by atoms with van der Waals surface area (Å²) in [7, 11) is 1.56. The number of nitriles is 2. The number of anilines is 1. The molecule has 0 spiro atoms. The summed E-state index contributed by atoms with van der Waals surface area (Å²) >= 11 is 1.21. The topological polar surface area (TPSA) is 98.8 Å². The highest BCUT2D eigenvalue weighted by Crippen LogP contribution is 2.24. The summed E-state index contributed by atoms with van der Waals surface area (Å²) in [5, 5.41) is 21.4. The van der Waals surface area contributed by atoms with Crippen molar-refractivity contribution in [3.8, 4) is 12.1 Å². The molecule has 1 N–H and O–H groups in total. The minimum Gasteiger partial charge on any atom is -0.380 e. The zero-order valence-corrected chi connectivity index (χ0v) is 14.7. The smallest absolute Gasteiger partial charge is 0.234 e. The van der Waals surface area contributed by atoms with Gasteiger partial charge in [0.15, 0.2) is 0 Å². The predicted molar refractivity (Wildman–Crippen MR) is 94.9 cm³/mol. The molecule has 2 aromatic rings. The largest absolute Gasteiger partial charge is 0.380 e. The van der Waals surface area contributed by atoms with Crippen LogP contribution >= 0.6 is 11.8 Å². The zero-order chi connectivity index (χ0) is 18.2. The lowest BCUT2D eigenvalue weighted by molar-refractivity contribution is -0.113. The maximum Gasteiger partial charge on any atom is 0.234 e. The van der Waals surface area contributed by atoms with E-state index in [2.05, 4.69) is 16.4 Å². The molecule has 6 nitrogen and oxygen atoms in total. The Hall–Kier alpha value is -2.87. The lowest BCUT2D eigenvalue weighted by atomic mass is 10.1. The van der Waals surface area contributed by atoms with Crippen LogP contribution in [0.2, 0.25) is 0 Å². The van der Waals surface area contributed by atoms with E-state index in [4.69, 9.17) is 10.00 Å². The minimum absolute atomic E-state index is 0.123. The second-order valence-corrected chi connectivity index (χ2v) is 6.14. The highest BCUT2D eigenvalue weighted by Gasteiger charge is 2.13. The molecule has 0 aliphatic rings. The van der Waals surface area contributed by atoms with Gasteiger partial charge in [-0.3, -0.25) is 4.79 Å². The third-order valence-corrected chi connectivity index (χ3v) is 4.22. The van der Waals surface area contributed by atoms with Gasteiger partial charge in [-0.2, -0.15) is 10.5 Å². The van der Waals surface area contributed by atoms with Crippen LogP contribution in [0.25, 0.3) is 0 Å². The Balaban J connectivity index is 2.06. The molecule has 0 unspecified atom stereocenters. The molecule has 1 amide bonds. The first-order chi connectivity index (χ1) is 12.1. The van der Waals surface area contributed by atoms with E-state index < -0.39 is 0 Å². The van der Waals surface area contributed by atoms with Crippen LogP contribution in [0.15, 0.2) is 35.4 Å². The Morgan fingerprint density at radius 3 is 2.60 bits per heavy atom. The molecule has 2 rings (SSSR count). The van der Waals surface area contributed by atoms with Crippen LogP contribution < -0.4 is 5.32 Å². The van der Waals surface area contributed by atoms with Crippen molar-refractivity contribution in [2.75, 3.05) is 18.2 Å². The summed E-state index contributed by atoms with van der Waals surface area (Å²) in [6.07, 6.45) is 0. The van der Waals surface area contributed by atoms with Gasteiger partial charge in [0, 0.05) is 18.5 Å². The Labute approximate surface area is 150 Å². The van der Waals surface area contributed by atoms with E-state index in [-0.39, 0.29) is 11.7 Å². The maximum absolute atomic E-state index is 12.1. The monoisotopic (exact) mass is 352 g/mol. The molecule has 1 heterocycles. The summed E-state index contributed by atoms with van der Waals surface area (Å²) in [4.78, 5) is 16.5. The second kappa shape index (κ2) is 8.84. The average Bonchev–Trinajstić information content (AvgIpc) is 2.60. The van der Waals surface area contributed by atoms with Crippen LogP contribution in [0.1, 0.15) is 22.4 Å². The molecule has 7 heteroatoms. The van der Waals surface area contributed by atoms with Crippen molar-refractivity contribution in [1.29, 1.82) is 10.5 Å². The molecule has 0 saturated carbocycles. The van der Waals surface area contributed by atoms with E-state index in [9.17, 15) is 10.1 Å². The molecule has 126 valence electrons. The number of hydrogen-bond donors (Lipinski definition) is 1. The first kappa shape index (κ1) is 18.5. The van der Waals surface area contributed by atoms with Crippen molar-refractivity contribution in [1.82, 2.24) is 4.98 Å². The number of carbonyl (C=O) groups is 1. The van der Waals surface area contributed by atoms with Gasteiger partial charge in [-0.15, -0.1) is 0 Å². The van der Waals surface area contributed by atoms with Crippen molar-refractivity contribution in [3.05, 3.63) is 52.7 Å². The summed E-state index contributed by atoms with van der Waals surface area (Å²) in [6.45, 7) is 2.15. The van der Waals surface area contributed by atoms with Gasteiger partial charge in [-0.25, -0.2) is 4.98 Å². The lowest BCUT2D eigenvalue weighted by Crippen LogP contribution is -2.14. The van der Waals surface area contributed by atoms with Gasteiger partial charge in [0.05, 0.1) is 29.6 Å². The molecule has 1 aromatic carbocycles. The standard InChI is InChI=1S/C18H16N4O2S/c1-12-7-14(10-24-2)16(9-20)18(21-12)25-11-17(23)22-15-5-3-13(8-19)4-6-15/h3-7H,10-11H2,1-2H3,(H,22,23). The van der Waals surface area contributed by atoms with Crippen LogP contribution in [0.4, 0.5) is 5.69 Å². The first-order valence-corrected chi connectivity index (χ1v) is 8.38. The second-order valence-electron chi connectivity index (χ2n) is 5.17. The maximum atomic E-state index is 12.1. The Morgan fingerprint density at radius 1 is 1.28 bits per heavy atom. The van der Waals surface area contributed by atoms with Crippen LogP contribution in [0.5, 0.6) is 0 Å². The number of aryl methyl sites for hydroxylation is 1. The number of rotatable bonds is 6. The molecular formula is C18H16N4O2S. The molecule has 0 aliphatic carbocycles. The molecular weight excluding hydrogens is 336 g/mol. The summed E-state index contributed by atoms with van der Waals surface area (Å²) < 4.78 is 5.11. The number of pyridine rings is 1. The lowest BCUT2D eigenvalue weighted by Gasteiger charge is -2.10. The fourth-order valence-electron chi connectivity index (χ4n) is 2.16. The van der Waals surface area contributed by atoms with Crippen molar-refractivity contribution in [2.45, 2.75) is 18.6 Å². The fraction of sp³-hybridized carbons (Fsp3) is 0.222. The molecule has 1 aromatic heterocycles. The normalized spacial score (nSPS) is 9.92. The van der Waals surface area contributed by atoms with Crippen LogP contribution in [-0.4, -0.2) is 23.8 Å². The average molecular weight is 352 g/mol. The molecule has 0 atom stereocenters. The van der Waals surface area contributed by atoms with Gasteiger partial charge in [0.25, 0.3) is 0 Å². The Morgan fingerprint density at radius 2 is 2.00 bits per heavy atom. The van der Waals surface area contributed by atoms with Gasteiger partial charge in [-0.05, 0) is 42.8 Å². The van der Waals surface area contributed by atoms with Gasteiger partial charge < -0.3 is 10.1 Å². The Bertz CT molecular complexity index is 851. The van der Waals surface area contributed by atoms with E-state index in [0.717, 1.165) is 11.3 Å². The number of benzene rings is 1. The number of methoxy groups -OCH3 is 1. The first-order valence-electron chi connectivity index (χ1n) is 7.39. The number of aromatic nitrogens is 1. The van der Waals surface area contributed by atoms with E-state index in [0.29, 0.717) is 28.4 Å². The van der Waals surface area contributed by atoms with Crippen molar-refractivity contribution >= 4 is 23.4 Å². The Kier molecular flexibility index (Phi) is 6.53. The fourth-order valence-corrected chi connectivity index (χ4v) is 3.03. The number of carbonyl (C=O) groups excluding carboxylic acids is 1. The third-order valence-electron chi connectivity index (χ3n) is 3.25. The van der Waals surface area contributed by atoms with Crippen molar-refractivity contribution in [2.24, 2.45) is 0 Å². The number of thioether (sulfide) groups is 1. The third kappa shape index (κ3) is 5.05. The van der Waals surface area contributed by atoms with Crippen molar-refractivity contribution < 1.29 is 9.53 Å². The molecule has 25 heavy (non-hydrogen) atoms. The number of amides is 1. The molecule has 0 aliphatic heterocycles. The van der Waals surface area contributed by atoms with Gasteiger partial charge in [-0.1, -0.05) is 11.8 Å². The van der Waals surface area contributed by atoms with Crippen LogP contribution in [0.3, 0.4) is 0 Å². The number of nitrogens with zero attached hydrogens (tertiary/aromatic N) is 3. The van der Waals surface area contributed by atoms with E-state index in [1.54, 1.807) is 31.4 Å². The van der Waals surface area contributed by atoms with Crippen LogP contribution in [-0.2, 0) is 16.1 Å². The van der Waals surface area contributed by atoms with E-state index in [1.165, 1.54) is 11.8 Å². The summed E-state index contributed by atoms with van der Waals surface area (Å²) in [6, 6.07) is 12.6. The van der Waals surface area contributed by atoms with Gasteiger partial charge in [0.2, 0.25) is 5.91 Å². The SMILES string of the molecule is COCc1cc(C)nc(SCC(=O)Nc2ccc(C#N)cc2)c1C#N. The molecule has 0 fully saturated rings. The van der Waals surface area contributed by atoms with Crippen LogP contribution in [0, 0.1) is 29.6 Å². The summed E-state index contributed by atoms with van der Waals surface area (Å²) in [5.74, 6) is -0.0902. The number of hydrogen-bond acceptors (Lipinski definition) is 6. The van der Waals surface area contributed by atoms with E-state index >= 15 is 0 Å². The van der Waals surface area contributed by atoms with Gasteiger partial charge in [0.1, 0.15) is 11.1 Å². The highest BCUT2D eigenvalue weighted by molar-refractivity contribution is 8.00. The number of nitrogens with one attached hydrogen (secondary N) is 1. The molecule has 0 radical (unpaired) electrons. The quantitative estimate of drug-likeness (QED) is 0.802. The molecule has 0 bridgehead atoms. The zero-order valence-electron chi connectivity index (χ0n) is 13.9. The highest BCUT2D eigenvalue weighted by atomic mass is 32.2. The van der Waals surface area contributed by atoms with Crippen molar-refractivity contribution in [3.63, 3.8) is 0 Å². The summed E-state index contributed by atoms with van der Waals surface area (Å²) in [5.41, 5.74) is 3.10. The van der Waals surface area contributed by atoms with E-state index in [1.807, 2.05) is 19.1 Å². The predicted octanol–water partition coefficient (Wildman–Crippen LogP) is 3.01. The number of ether oxygens (including phenoxy) is 1. The molecule has 0 saturated heterocycles.